The van der Waals surface area contributed by atoms with E-state index in [2.05, 4.69) is 25.7 Å². The van der Waals surface area contributed by atoms with Gasteiger partial charge in [-0.3, -0.25) is 14.5 Å². The largest absolute Gasteiger partial charge is 0.490 e. The number of carbonyl (C=O) groups is 4. The van der Waals surface area contributed by atoms with Gasteiger partial charge >= 0.3 is 18.1 Å². The lowest BCUT2D eigenvalue weighted by Gasteiger charge is -2.49. The van der Waals surface area contributed by atoms with E-state index >= 15 is 0 Å². The van der Waals surface area contributed by atoms with Gasteiger partial charge < -0.3 is 30.5 Å². The molecule has 1 aromatic carbocycles. The molecule has 2 aliphatic rings. The SMILES string of the molecule is CO/N=C(\C(=O)N[C@@H]1C(=O)N2C(C(=O)O)=C(CSc3nnc(-c4ccccc4)o3)CS[C@H]12)c1csc(N)n1.O=C(O)C(F)(F)F. The number of carboxylic acid groups (broad SMARTS) is 2. The average molecular weight is 688 g/mol. The topological polar surface area (TPSA) is 223 Å². The number of amides is 2. The number of halogens is 3. The van der Waals surface area contributed by atoms with Crippen LogP contribution in [0.2, 0.25) is 0 Å². The average Bonchev–Trinajstić information content (AvgIpc) is 3.66. The van der Waals surface area contributed by atoms with Crippen molar-refractivity contribution in [2.45, 2.75) is 22.8 Å². The van der Waals surface area contributed by atoms with Crippen LogP contribution in [0.15, 0.2) is 61.8 Å². The van der Waals surface area contributed by atoms with Crippen LogP contribution in [-0.4, -0.2) is 96.0 Å². The maximum Gasteiger partial charge on any atom is 0.490 e. The Morgan fingerprint density at radius 2 is 1.93 bits per heavy atom. The van der Waals surface area contributed by atoms with Crippen molar-refractivity contribution in [1.82, 2.24) is 25.4 Å². The van der Waals surface area contributed by atoms with Gasteiger partial charge in [-0.15, -0.1) is 33.3 Å². The standard InChI is InChI=1S/C22H19N7O6S3.C2HF3O2/c1-34-28-13(12-9-37-21(23)24-12)16(30)25-14-18(31)29-15(20(32)33)11(7-36-19(14)29)8-38-22-27-26-17(35-22)10-5-3-2-4-6-10;3-2(4,5)1(6)7/h2-6,9,14,19H,7-8H2,1H3,(H2,23,24)(H,25,30)(H,32,33);(H,6,7)/b28-13-;/t14-,19-;/m1./s1. The van der Waals surface area contributed by atoms with Crippen molar-refractivity contribution in [3.05, 3.63) is 52.7 Å². The zero-order valence-corrected chi connectivity index (χ0v) is 25.0. The van der Waals surface area contributed by atoms with E-state index in [1.807, 2.05) is 30.3 Å². The van der Waals surface area contributed by atoms with Gasteiger partial charge in [-0.05, 0) is 17.7 Å². The Morgan fingerprint density at radius 1 is 1.24 bits per heavy atom. The zero-order chi connectivity index (χ0) is 32.9. The quantitative estimate of drug-likeness (QED) is 0.110. The molecule has 0 unspecified atom stereocenters. The van der Waals surface area contributed by atoms with Gasteiger partial charge in [0.25, 0.3) is 17.0 Å². The fourth-order valence-corrected chi connectivity index (χ4v) is 6.61. The monoisotopic (exact) mass is 687 g/mol. The Hall–Kier alpha value is -4.63. The molecule has 45 heavy (non-hydrogen) atoms. The Labute approximate surface area is 262 Å². The number of rotatable bonds is 9. The molecule has 238 valence electrons. The second-order valence-corrected chi connectivity index (χ2v) is 11.6. The van der Waals surface area contributed by atoms with Gasteiger partial charge in [0.1, 0.15) is 29.9 Å². The summed E-state index contributed by atoms with van der Waals surface area (Å²) in [6, 6.07) is 8.31. The number of fused-ring (bicyclic) bond motifs is 1. The number of nitrogens with two attached hydrogens (primary N) is 1. The molecule has 21 heteroatoms. The van der Waals surface area contributed by atoms with Crippen molar-refractivity contribution >= 4 is 69.5 Å². The summed E-state index contributed by atoms with van der Waals surface area (Å²) in [7, 11) is 1.27. The highest BCUT2D eigenvalue weighted by atomic mass is 32.2. The summed E-state index contributed by atoms with van der Waals surface area (Å²) in [4.78, 5) is 56.9. The molecule has 0 aliphatic carbocycles. The first-order valence-corrected chi connectivity index (χ1v) is 15.1. The third-order valence-corrected chi connectivity index (χ3v) is 8.66. The molecule has 0 saturated carbocycles. The molecule has 2 amide bonds. The van der Waals surface area contributed by atoms with E-state index in [-0.39, 0.29) is 33.2 Å². The number of nitrogen functional groups attached to an aromatic ring is 1. The van der Waals surface area contributed by atoms with Gasteiger partial charge in [0.2, 0.25) is 5.89 Å². The Kier molecular flexibility index (Phi) is 10.3. The molecule has 4 heterocycles. The molecule has 0 radical (unpaired) electrons. The second kappa shape index (κ2) is 14.0. The van der Waals surface area contributed by atoms with Crippen molar-refractivity contribution in [3.63, 3.8) is 0 Å². The second-order valence-electron chi connectivity index (χ2n) is 8.64. The molecule has 15 nitrogen and oxygen atoms in total. The lowest BCUT2D eigenvalue weighted by molar-refractivity contribution is -0.192. The maximum atomic E-state index is 13.0. The highest BCUT2D eigenvalue weighted by Crippen LogP contribution is 2.41. The number of carbonyl (C=O) groups excluding carboxylic acids is 2. The fourth-order valence-electron chi connectivity index (χ4n) is 3.81. The van der Waals surface area contributed by atoms with Crippen LogP contribution >= 0.6 is 34.9 Å². The molecular weight excluding hydrogens is 668 g/mol. The van der Waals surface area contributed by atoms with Crippen LogP contribution in [0.4, 0.5) is 18.3 Å². The smallest absolute Gasteiger partial charge is 0.477 e. The number of nitrogens with one attached hydrogen (secondary N) is 1. The Bertz CT molecular complexity index is 1660. The van der Waals surface area contributed by atoms with Gasteiger partial charge in [-0.25, -0.2) is 14.6 Å². The van der Waals surface area contributed by atoms with Crippen molar-refractivity contribution in [3.8, 4) is 11.5 Å². The first-order valence-electron chi connectivity index (χ1n) is 12.2. The molecule has 0 bridgehead atoms. The van der Waals surface area contributed by atoms with Crippen molar-refractivity contribution < 1.29 is 51.8 Å². The van der Waals surface area contributed by atoms with E-state index in [1.165, 1.54) is 35.5 Å². The Morgan fingerprint density at radius 3 is 2.51 bits per heavy atom. The summed E-state index contributed by atoms with van der Waals surface area (Å²) < 4.78 is 37.4. The zero-order valence-electron chi connectivity index (χ0n) is 22.5. The Balaban J connectivity index is 0.000000591. The number of aliphatic carboxylic acids is 2. The van der Waals surface area contributed by atoms with Crippen LogP contribution in [0, 0.1) is 0 Å². The minimum atomic E-state index is -5.08. The predicted molar refractivity (Wildman–Crippen MR) is 154 cm³/mol. The molecule has 2 atom stereocenters. The molecule has 1 fully saturated rings. The third-order valence-electron chi connectivity index (χ3n) is 5.74. The molecule has 5 rings (SSSR count). The summed E-state index contributed by atoms with van der Waals surface area (Å²) in [5.41, 5.74) is 6.89. The van der Waals surface area contributed by atoms with E-state index in [0.29, 0.717) is 17.2 Å². The number of hydrogen-bond donors (Lipinski definition) is 4. The summed E-state index contributed by atoms with van der Waals surface area (Å²) in [6.07, 6.45) is -5.08. The van der Waals surface area contributed by atoms with Crippen LogP contribution in [0.25, 0.3) is 11.5 Å². The number of oxime groups is 1. The van der Waals surface area contributed by atoms with Crippen LogP contribution < -0.4 is 11.1 Å². The fraction of sp³-hybridized carbons (Fsp3) is 0.250. The number of nitrogens with zero attached hydrogens (tertiary/aromatic N) is 5. The summed E-state index contributed by atoms with van der Waals surface area (Å²) in [6.45, 7) is 0. The lowest BCUT2D eigenvalue weighted by atomic mass is 10.0. The summed E-state index contributed by atoms with van der Waals surface area (Å²) in [5.74, 6) is -4.32. The minimum absolute atomic E-state index is 0.113. The number of carboxylic acids is 2. The van der Waals surface area contributed by atoms with Gasteiger partial charge in [-0.1, -0.05) is 35.1 Å². The van der Waals surface area contributed by atoms with Crippen LogP contribution in [0.3, 0.4) is 0 Å². The van der Waals surface area contributed by atoms with Gasteiger partial charge in [0.15, 0.2) is 10.8 Å². The van der Waals surface area contributed by atoms with Crippen molar-refractivity contribution in [2.75, 3.05) is 24.3 Å². The molecule has 5 N–H and O–H groups in total. The van der Waals surface area contributed by atoms with E-state index in [9.17, 15) is 32.7 Å². The van der Waals surface area contributed by atoms with E-state index in [0.717, 1.165) is 16.9 Å². The van der Waals surface area contributed by atoms with Crippen molar-refractivity contribution in [1.29, 1.82) is 0 Å². The van der Waals surface area contributed by atoms with E-state index < -0.39 is 41.3 Å². The third kappa shape index (κ3) is 7.72. The van der Waals surface area contributed by atoms with Gasteiger partial charge in [-0.2, -0.15) is 13.2 Å². The molecular formula is C24H20F3N7O8S3. The lowest BCUT2D eigenvalue weighted by Crippen LogP contribution is -2.71. The number of β-lactam (4-membered cyclic amide) rings is 1. The van der Waals surface area contributed by atoms with E-state index in [4.69, 9.17) is 24.9 Å². The number of thioether (sulfide) groups is 2. The molecule has 0 spiro atoms. The summed E-state index contributed by atoms with van der Waals surface area (Å²) >= 11 is 3.65. The first kappa shape index (κ1) is 33.3. The van der Waals surface area contributed by atoms with Crippen molar-refractivity contribution in [2.24, 2.45) is 5.16 Å². The van der Waals surface area contributed by atoms with Gasteiger partial charge in [0.05, 0.1) is 0 Å². The normalized spacial score (nSPS) is 17.9. The maximum absolute atomic E-state index is 13.0. The number of thiazole rings is 1. The molecule has 2 aliphatic heterocycles. The number of benzene rings is 1. The first-order chi connectivity index (χ1) is 21.3. The number of anilines is 1. The highest BCUT2D eigenvalue weighted by Gasteiger charge is 2.54. The predicted octanol–water partition coefficient (Wildman–Crippen LogP) is 2.29. The van der Waals surface area contributed by atoms with Crippen LogP contribution in [-0.2, 0) is 24.0 Å². The van der Waals surface area contributed by atoms with Crippen LogP contribution in [0.1, 0.15) is 5.69 Å². The molecule has 1 saturated heterocycles. The highest BCUT2D eigenvalue weighted by molar-refractivity contribution is 8.01. The van der Waals surface area contributed by atoms with E-state index in [1.54, 1.807) is 5.38 Å². The number of hydrogen-bond acceptors (Lipinski definition) is 14. The summed E-state index contributed by atoms with van der Waals surface area (Å²) in [5, 5.41) is 32.9. The number of aromatic nitrogens is 3. The number of alkyl halides is 3. The molecule has 3 aromatic rings. The van der Waals surface area contributed by atoms with Gasteiger partial charge in [0, 0.05) is 22.4 Å². The van der Waals surface area contributed by atoms with Crippen LogP contribution in [0.5, 0.6) is 0 Å². The molecule has 2 aromatic heterocycles. The minimum Gasteiger partial charge on any atom is -0.477 e.